The maximum Gasteiger partial charge on any atom is 0.222 e. The summed E-state index contributed by atoms with van der Waals surface area (Å²) < 4.78 is 0. The number of hydrogen-bond acceptors (Lipinski definition) is 3. The van der Waals surface area contributed by atoms with E-state index in [1.165, 1.54) is 11.5 Å². The lowest BCUT2D eigenvalue weighted by Gasteiger charge is -2.30. The normalized spacial score (nSPS) is 22.9. The molecule has 1 heterocycles. The predicted molar refractivity (Wildman–Crippen MR) is 61.7 cm³/mol. The average Bonchev–Trinajstić information content (AvgIpc) is 2.18. The van der Waals surface area contributed by atoms with Crippen LogP contribution < -0.4 is 5.32 Å². The maximum atomic E-state index is 11.2. The summed E-state index contributed by atoms with van der Waals surface area (Å²) in [6.07, 6.45) is 1.70. The van der Waals surface area contributed by atoms with Crippen molar-refractivity contribution in [2.45, 2.75) is 25.8 Å². The van der Waals surface area contributed by atoms with Gasteiger partial charge in [-0.25, -0.2) is 0 Å². The molecule has 1 aliphatic heterocycles. The fourth-order valence-corrected chi connectivity index (χ4v) is 2.21. The summed E-state index contributed by atoms with van der Waals surface area (Å²) in [5, 5.41) is 3.49. The first-order valence-corrected chi connectivity index (χ1v) is 6.44. The molecular weight excluding hydrogens is 196 g/mol. The minimum absolute atomic E-state index is 0.283. The Kier molecular flexibility index (Phi) is 5.33. The second-order valence-electron chi connectivity index (χ2n) is 3.66. The topological polar surface area (TPSA) is 32.3 Å². The minimum Gasteiger partial charge on any atom is -0.344 e. The molecule has 0 aromatic rings. The monoisotopic (exact) mass is 216 g/mol. The van der Waals surface area contributed by atoms with Crippen LogP contribution in [0.5, 0.6) is 0 Å². The van der Waals surface area contributed by atoms with Crippen LogP contribution in [0, 0.1) is 0 Å². The molecule has 1 unspecified atom stereocenters. The lowest BCUT2D eigenvalue weighted by Crippen LogP contribution is -2.47. The number of thioether (sulfide) groups is 1. The van der Waals surface area contributed by atoms with E-state index >= 15 is 0 Å². The molecule has 4 heteroatoms. The Bertz CT molecular complexity index is 187. The Labute approximate surface area is 90.6 Å². The molecule has 3 nitrogen and oxygen atoms in total. The van der Waals surface area contributed by atoms with Gasteiger partial charge in [-0.05, 0) is 12.2 Å². The summed E-state index contributed by atoms with van der Waals surface area (Å²) in [5.74, 6) is 2.64. The molecule has 0 saturated carbocycles. The van der Waals surface area contributed by atoms with Crippen molar-refractivity contribution in [2.75, 3.05) is 31.6 Å². The number of hydrogen-bond donors (Lipinski definition) is 1. The van der Waals surface area contributed by atoms with E-state index in [9.17, 15) is 4.79 Å². The second-order valence-corrected chi connectivity index (χ2v) is 5.05. The highest BCUT2D eigenvalue weighted by atomic mass is 32.2. The van der Waals surface area contributed by atoms with Crippen molar-refractivity contribution in [3.05, 3.63) is 0 Å². The zero-order chi connectivity index (χ0) is 10.4. The third-order valence-electron chi connectivity index (χ3n) is 2.51. The van der Waals surface area contributed by atoms with Crippen LogP contribution in [0.3, 0.4) is 0 Å². The van der Waals surface area contributed by atoms with Gasteiger partial charge in [-0.3, -0.25) is 4.79 Å². The lowest BCUT2D eigenvalue weighted by molar-refractivity contribution is -0.132. The molecule has 0 spiro atoms. The van der Waals surface area contributed by atoms with E-state index in [1.54, 1.807) is 0 Å². The fourth-order valence-electron chi connectivity index (χ4n) is 1.66. The van der Waals surface area contributed by atoms with Crippen LogP contribution in [0.25, 0.3) is 0 Å². The lowest BCUT2D eigenvalue weighted by atomic mass is 10.1. The zero-order valence-electron chi connectivity index (χ0n) is 9.08. The highest BCUT2D eigenvalue weighted by Gasteiger charge is 2.21. The van der Waals surface area contributed by atoms with Crippen molar-refractivity contribution < 1.29 is 4.79 Å². The van der Waals surface area contributed by atoms with E-state index < -0.39 is 0 Å². The van der Waals surface area contributed by atoms with Gasteiger partial charge in [-0.2, -0.15) is 11.8 Å². The summed E-state index contributed by atoms with van der Waals surface area (Å²) in [4.78, 5) is 13.0. The van der Waals surface area contributed by atoms with Crippen LogP contribution in [0.4, 0.5) is 0 Å². The van der Waals surface area contributed by atoms with Crippen LogP contribution in [-0.4, -0.2) is 48.5 Å². The molecule has 1 rings (SSSR count). The van der Waals surface area contributed by atoms with Crippen LogP contribution in [0.15, 0.2) is 0 Å². The quantitative estimate of drug-likeness (QED) is 0.695. The van der Waals surface area contributed by atoms with E-state index in [1.807, 2.05) is 23.7 Å². The van der Waals surface area contributed by atoms with Crippen molar-refractivity contribution in [1.82, 2.24) is 10.2 Å². The second kappa shape index (κ2) is 6.30. The smallest absolute Gasteiger partial charge is 0.222 e. The van der Waals surface area contributed by atoms with Gasteiger partial charge in [0.2, 0.25) is 5.91 Å². The van der Waals surface area contributed by atoms with Crippen molar-refractivity contribution in [2.24, 2.45) is 0 Å². The SMILES string of the molecule is CCSCCNC1CCC(=O)N(C)C1. The predicted octanol–water partition coefficient (Wildman–Crippen LogP) is 0.950. The summed E-state index contributed by atoms with van der Waals surface area (Å²) >= 11 is 1.95. The van der Waals surface area contributed by atoms with Gasteiger partial charge in [0.05, 0.1) is 0 Å². The third-order valence-corrected chi connectivity index (χ3v) is 3.41. The number of likely N-dealkylation sites (N-methyl/N-ethyl adjacent to an activating group) is 1. The molecule has 0 aromatic carbocycles. The molecule has 0 aliphatic carbocycles. The van der Waals surface area contributed by atoms with Crippen molar-refractivity contribution in [1.29, 1.82) is 0 Å². The first-order chi connectivity index (χ1) is 6.74. The molecule has 1 saturated heterocycles. The highest BCUT2D eigenvalue weighted by Crippen LogP contribution is 2.09. The number of carbonyl (C=O) groups excluding carboxylic acids is 1. The molecule has 0 radical (unpaired) electrons. The van der Waals surface area contributed by atoms with Crippen molar-refractivity contribution in [3.63, 3.8) is 0 Å². The number of piperidine rings is 1. The molecule has 1 atom stereocenters. The highest BCUT2D eigenvalue weighted by molar-refractivity contribution is 7.99. The summed E-state index contributed by atoms with van der Waals surface area (Å²) in [5.41, 5.74) is 0. The molecule has 1 N–H and O–H groups in total. The van der Waals surface area contributed by atoms with Crippen molar-refractivity contribution in [3.8, 4) is 0 Å². The third kappa shape index (κ3) is 3.88. The van der Waals surface area contributed by atoms with Crippen LogP contribution in [0.2, 0.25) is 0 Å². The van der Waals surface area contributed by atoms with Gasteiger partial charge in [-0.15, -0.1) is 0 Å². The van der Waals surface area contributed by atoms with Gasteiger partial charge in [-0.1, -0.05) is 6.92 Å². The molecule has 14 heavy (non-hydrogen) atoms. The van der Waals surface area contributed by atoms with Crippen LogP contribution in [-0.2, 0) is 4.79 Å². The number of nitrogens with one attached hydrogen (secondary N) is 1. The first kappa shape index (κ1) is 11.9. The number of nitrogens with zero attached hydrogens (tertiary/aromatic N) is 1. The maximum absolute atomic E-state index is 11.2. The molecule has 82 valence electrons. The molecular formula is C10H20N2OS. The van der Waals surface area contributed by atoms with Crippen molar-refractivity contribution >= 4 is 17.7 Å². The van der Waals surface area contributed by atoms with E-state index in [4.69, 9.17) is 0 Å². The Hall–Kier alpha value is -0.220. The Morgan fingerprint density at radius 2 is 2.43 bits per heavy atom. The van der Waals surface area contributed by atoms with Gasteiger partial charge >= 0.3 is 0 Å². The van der Waals surface area contributed by atoms with Gasteiger partial charge in [0, 0.05) is 38.4 Å². The number of amides is 1. The van der Waals surface area contributed by atoms with Crippen LogP contribution >= 0.6 is 11.8 Å². The van der Waals surface area contributed by atoms with E-state index in [0.29, 0.717) is 12.5 Å². The van der Waals surface area contributed by atoms with Gasteiger partial charge in [0.1, 0.15) is 0 Å². The van der Waals surface area contributed by atoms with E-state index in [-0.39, 0.29) is 5.91 Å². The van der Waals surface area contributed by atoms with Gasteiger partial charge in [0.15, 0.2) is 0 Å². The Morgan fingerprint density at radius 1 is 1.64 bits per heavy atom. The average molecular weight is 216 g/mol. The first-order valence-electron chi connectivity index (χ1n) is 5.29. The summed E-state index contributed by atoms with van der Waals surface area (Å²) in [6.45, 7) is 4.11. The molecule has 1 fully saturated rings. The largest absolute Gasteiger partial charge is 0.344 e. The number of rotatable bonds is 5. The number of carbonyl (C=O) groups is 1. The summed E-state index contributed by atoms with van der Waals surface area (Å²) in [7, 11) is 1.89. The molecule has 1 aliphatic rings. The summed E-state index contributed by atoms with van der Waals surface area (Å²) in [6, 6.07) is 0.509. The minimum atomic E-state index is 0.283. The van der Waals surface area contributed by atoms with Gasteiger partial charge in [0.25, 0.3) is 0 Å². The van der Waals surface area contributed by atoms with E-state index in [0.717, 1.165) is 19.5 Å². The Morgan fingerprint density at radius 3 is 3.07 bits per heavy atom. The Balaban J connectivity index is 2.10. The van der Waals surface area contributed by atoms with Crippen LogP contribution in [0.1, 0.15) is 19.8 Å². The van der Waals surface area contributed by atoms with E-state index in [2.05, 4.69) is 12.2 Å². The zero-order valence-corrected chi connectivity index (χ0v) is 9.90. The molecule has 1 amide bonds. The molecule has 0 aromatic heterocycles. The standard InChI is InChI=1S/C10H20N2OS/c1-3-14-7-6-11-9-4-5-10(13)12(2)8-9/h9,11H,3-8H2,1-2H3. The van der Waals surface area contributed by atoms with Gasteiger partial charge < -0.3 is 10.2 Å². The fraction of sp³-hybridized carbons (Fsp3) is 0.900. The molecule has 0 bridgehead atoms. The number of likely N-dealkylation sites (tertiary alicyclic amines) is 1.